The van der Waals surface area contributed by atoms with E-state index in [0.717, 1.165) is 31.1 Å². The molecular weight excluding hydrogens is 262 g/mol. The number of carbonyl (C=O) groups is 1. The maximum absolute atomic E-state index is 11.4. The Morgan fingerprint density at radius 3 is 2.57 bits per heavy atom. The molecule has 1 amide bonds. The number of anilines is 1. The molecule has 21 heavy (non-hydrogen) atoms. The lowest BCUT2D eigenvalue weighted by molar-refractivity contribution is 0.0999. The van der Waals surface area contributed by atoms with Crippen LogP contribution in [0.2, 0.25) is 0 Å². The summed E-state index contributed by atoms with van der Waals surface area (Å²) in [5.41, 5.74) is 8.27. The summed E-state index contributed by atoms with van der Waals surface area (Å²) in [5.74, 6) is 0.443. The molecule has 3 N–H and O–H groups in total. The summed E-state index contributed by atoms with van der Waals surface area (Å²) < 4.78 is 0. The quantitative estimate of drug-likeness (QED) is 0.871. The first-order chi connectivity index (χ1) is 10.1. The number of carbonyl (C=O) groups excluding carboxylic acids is 1. The van der Waals surface area contributed by atoms with Crippen LogP contribution in [0.1, 0.15) is 41.6 Å². The van der Waals surface area contributed by atoms with Crippen LogP contribution in [0.15, 0.2) is 18.2 Å². The smallest absolute Gasteiger partial charge is 0.248 e. The van der Waals surface area contributed by atoms with Crippen molar-refractivity contribution in [2.24, 2.45) is 11.7 Å². The van der Waals surface area contributed by atoms with Crippen LogP contribution in [0.25, 0.3) is 0 Å². The molecule has 4 nitrogen and oxygen atoms in total. The minimum Gasteiger partial charge on any atom is -0.368 e. The molecule has 0 bridgehead atoms. The van der Waals surface area contributed by atoms with E-state index in [2.05, 4.69) is 22.3 Å². The molecule has 3 rings (SSSR count). The zero-order valence-corrected chi connectivity index (χ0v) is 12.8. The molecule has 114 valence electrons. The van der Waals surface area contributed by atoms with Gasteiger partial charge in [-0.25, -0.2) is 0 Å². The summed E-state index contributed by atoms with van der Waals surface area (Å²) in [7, 11) is 0. The number of rotatable bonds is 5. The van der Waals surface area contributed by atoms with Crippen molar-refractivity contribution in [3.05, 3.63) is 29.3 Å². The lowest BCUT2D eigenvalue weighted by Gasteiger charge is -2.32. The van der Waals surface area contributed by atoms with E-state index < -0.39 is 0 Å². The number of amides is 1. The van der Waals surface area contributed by atoms with E-state index in [-0.39, 0.29) is 5.91 Å². The van der Waals surface area contributed by atoms with E-state index in [1.54, 1.807) is 0 Å². The van der Waals surface area contributed by atoms with Gasteiger partial charge in [-0.15, -0.1) is 0 Å². The van der Waals surface area contributed by atoms with Gasteiger partial charge in [-0.1, -0.05) is 0 Å². The van der Waals surface area contributed by atoms with Gasteiger partial charge < -0.3 is 16.0 Å². The number of benzene rings is 1. The van der Waals surface area contributed by atoms with Crippen LogP contribution < -0.4 is 16.0 Å². The summed E-state index contributed by atoms with van der Waals surface area (Å²) in [6.45, 7) is 5.40. The van der Waals surface area contributed by atoms with Gasteiger partial charge in [0.2, 0.25) is 5.91 Å². The van der Waals surface area contributed by atoms with Crippen molar-refractivity contribution in [2.75, 3.05) is 24.5 Å². The highest BCUT2D eigenvalue weighted by Crippen LogP contribution is 2.34. The predicted octanol–water partition coefficient (Wildman–Crippen LogP) is 2.06. The van der Waals surface area contributed by atoms with Crippen molar-refractivity contribution in [1.29, 1.82) is 0 Å². The zero-order chi connectivity index (χ0) is 14.8. The molecule has 1 saturated carbocycles. The van der Waals surface area contributed by atoms with E-state index in [1.165, 1.54) is 31.4 Å². The molecule has 0 unspecified atom stereocenters. The predicted molar refractivity (Wildman–Crippen MR) is 85.7 cm³/mol. The summed E-state index contributed by atoms with van der Waals surface area (Å²) in [5, 5.41) is 3.43. The SMILES string of the molecule is Cc1cc(N(CC2CCNCC2)C2CC2)ccc1C(N)=O. The number of nitrogens with one attached hydrogen (secondary N) is 1. The van der Waals surface area contributed by atoms with Gasteiger partial charge in [0.1, 0.15) is 0 Å². The number of hydrogen-bond donors (Lipinski definition) is 2. The minimum absolute atomic E-state index is 0.338. The fourth-order valence-electron chi connectivity index (χ4n) is 3.30. The molecule has 0 radical (unpaired) electrons. The van der Waals surface area contributed by atoms with Gasteiger partial charge in [-0.3, -0.25) is 4.79 Å². The van der Waals surface area contributed by atoms with Crippen molar-refractivity contribution in [3.8, 4) is 0 Å². The molecular formula is C17H25N3O. The van der Waals surface area contributed by atoms with Crippen LogP contribution in [-0.4, -0.2) is 31.6 Å². The molecule has 0 spiro atoms. The minimum atomic E-state index is -0.338. The summed E-state index contributed by atoms with van der Waals surface area (Å²) in [6, 6.07) is 6.76. The average Bonchev–Trinajstić information content (AvgIpc) is 3.30. The van der Waals surface area contributed by atoms with Crippen LogP contribution in [0.4, 0.5) is 5.69 Å². The molecule has 4 heteroatoms. The van der Waals surface area contributed by atoms with Gasteiger partial charge in [-0.05, 0) is 75.4 Å². The molecule has 1 aliphatic heterocycles. The number of piperidine rings is 1. The molecule has 0 aromatic heterocycles. The molecule has 1 aromatic rings. The first kappa shape index (κ1) is 14.4. The number of nitrogens with zero attached hydrogens (tertiary/aromatic N) is 1. The molecule has 1 heterocycles. The van der Waals surface area contributed by atoms with Gasteiger partial charge >= 0.3 is 0 Å². The second-order valence-corrected chi connectivity index (χ2v) is 6.44. The lowest BCUT2D eigenvalue weighted by Crippen LogP contribution is -2.37. The van der Waals surface area contributed by atoms with Crippen LogP contribution in [0.5, 0.6) is 0 Å². The Kier molecular flexibility index (Phi) is 4.15. The number of nitrogens with two attached hydrogens (primary N) is 1. The average molecular weight is 287 g/mol. The summed E-state index contributed by atoms with van der Waals surface area (Å²) in [4.78, 5) is 13.9. The number of hydrogen-bond acceptors (Lipinski definition) is 3. The summed E-state index contributed by atoms with van der Waals surface area (Å²) in [6.07, 6.45) is 5.12. The first-order valence-electron chi connectivity index (χ1n) is 8.03. The van der Waals surface area contributed by atoms with Crippen LogP contribution in [0.3, 0.4) is 0 Å². The highest BCUT2D eigenvalue weighted by Gasteiger charge is 2.31. The fourth-order valence-corrected chi connectivity index (χ4v) is 3.30. The van der Waals surface area contributed by atoms with Crippen molar-refractivity contribution in [2.45, 2.75) is 38.6 Å². The third-order valence-corrected chi connectivity index (χ3v) is 4.71. The second kappa shape index (κ2) is 6.06. The molecule has 1 aliphatic carbocycles. The third-order valence-electron chi connectivity index (χ3n) is 4.71. The van der Waals surface area contributed by atoms with E-state index in [9.17, 15) is 4.79 Å². The van der Waals surface area contributed by atoms with Gasteiger partial charge in [0.15, 0.2) is 0 Å². The van der Waals surface area contributed by atoms with E-state index in [4.69, 9.17) is 5.73 Å². The van der Waals surface area contributed by atoms with E-state index in [1.807, 2.05) is 13.0 Å². The Morgan fingerprint density at radius 1 is 1.29 bits per heavy atom. The Morgan fingerprint density at radius 2 is 2.00 bits per heavy atom. The molecule has 2 aliphatic rings. The molecule has 0 atom stereocenters. The van der Waals surface area contributed by atoms with Gasteiger partial charge in [-0.2, -0.15) is 0 Å². The first-order valence-corrected chi connectivity index (χ1v) is 8.03. The largest absolute Gasteiger partial charge is 0.368 e. The lowest BCUT2D eigenvalue weighted by atomic mass is 9.97. The van der Waals surface area contributed by atoms with E-state index in [0.29, 0.717) is 11.6 Å². The maximum Gasteiger partial charge on any atom is 0.248 e. The molecule has 1 aromatic carbocycles. The monoisotopic (exact) mass is 287 g/mol. The Hall–Kier alpha value is -1.55. The topological polar surface area (TPSA) is 58.4 Å². The highest BCUT2D eigenvalue weighted by atomic mass is 16.1. The van der Waals surface area contributed by atoms with Gasteiger partial charge in [0.25, 0.3) is 0 Å². The van der Waals surface area contributed by atoms with Crippen molar-refractivity contribution < 1.29 is 4.79 Å². The maximum atomic E-state index is 11.4. The standard InChI is InChI=1S/C17H25N3O/c1-12-10-15(4-5-16(12)17(18)21)20(14-2-3-14)11-13-6-8-19-9-7-13/h4-5,10,13-14,19H,2-3,6-9,11H2,1H3,(H2,18,21). The number of aryl methyl sites for hydroxylation is 1. The van der Waals surface area contributed by atoms with Crippen LogP contribution >= 0.6 is 0 Å². The molecule has 2 fully saturated rings. The normalized spacial score (nSPS) is 19.5. The van der Waals surface area contributed by atoms with Crippen molar-refractivity contribution in [1.82, 2.24) is 5.32 Å². The van der Waals surface area contributed by atoms with Crippen LogP contribution in [0, 0.1) is 12.8 Å². The second-order valence-electron chi connectivity index (χ2n) is 6.44. The van der Waals surface area contributed by atoms with Gasteiger partial charge in [0.05, 0.1) is 0 Å². The van der Waals surface area contributed by atoms with Crippen LogP contribution in [-0.2, 0) is 0 Å². The van der Waals surface area contributed by atoms with Crippen molar-refractivity contribution in [3.63, 3.8) is 0 Å². The Bertz CT molecular complexity index is 519. The third kappa shape index (κ3) is 3.38. The number of primary amides is 1. The van der Waals surface area contributed by atoms with Crippen molar-refractivity contribution >= 4 is 11.6 Å². The van der Waals surface area contributed by atoms with Gasteiger partial charge in [0, 0.05) is 23.8 Å². The fraction of sp³-hybridized carbons (Fsp3) is 0.588. The highest BCUT2D eigenvalue weighted by molar-refractivity contribution is 5.94. The van der Waals surface area contributed by atoms with E-state index >= 15 is 0 Å². The Balaban J connectivity index is 1.77. The Labute approximate surface area is 126 Å². The molecule has 1 saturated heterocycles. The zero-order valence-electron chi connectivity index (χ0n) is 12.8. The summed E-state index contributed by atoms with van der Waals surface area (Å²) >= 11 is 0.